The van der Waals surface area contributed by atoms with Crippen molar-refractivity contribution in [2.24, 2.45) is 0 Å². The number of para-hydroxylation sites is 2. The summed E-state index contributed by atoms with van der Waals surface area (Å²) >= 11 is 0. The SMILES string of the molecule is O=C(OC(=O)c1ccc2ccccc2n1)c1ccc2ccccc2n1.OB(O)O. The molecule has 0 radical (unpaired) electrons. The van der Waals surface area contributed by atoms with Crippen LogP contribution in [0.15, 0.2) is 72.8 Å². The molecule has 3 N–H and O–H groups in total. The van der Waals surface area contributed by atoms with E-state index in [4.69, 9.17) is 19.8 Å². The maximum Gasteiger partial charge on any atom is 0.631 e. The van der Waals surface area contributed by atoms with Crippen LogP contribution in [-0.2, 0) is 4.74 Å². The van der Waals surface area contributed by atoms with Gasteiger partial charge in [-0.1, -0.05) is 48.5 Å². The minimum absolute atomic E-state index is 0.0767. The number of nitrogens with zero attached hydrogens (tertiary/aromatic N) is 2. The van der Waals surface area contributed by atoms with Crippen LogP contribution >= 0.6 is 0 Å². The van der Waals surface area contributed by atoms with Crippen LogP contribution in [0.25, 0.3) is 21.8 Å². The Morgan fingerprint density at radius 1 is 0.655 bits per heavy atom. The average molecular weight is 390 g/mol. The normalized spacial score (nSPS) is 10.2. The van der Waals surface area contributed by atoms with Gasteiger partial charge in [-0.15, -0.1) is 0 Å². The van der Waals surface area contributed by atoms with Crippen molar-refractivity contribution < 1.29 is 29.4 Å². The largest absolute Gasteiger partial charge is 0.631 e. The molecule has 144 valence electrons. The average Bonchev–Trinajstić information content (AvgIpc) is 2.72. The number of carbonyl (C=O) groups is 2. The number of hydrogen-bond donors (Lipinski definition) is 3. The van der Waals surface area contributed by atoms with Gasteiger partial charge < -0.3 is 19.8 Å². The number of benzene rings is 2. The van der Waals surface area contributed by atoms with Gasteiger partial charge in [-0.2, -0.15) is 0 Å². The van der Waals surface area contributed by atoms with Crippen LogP contribution in [0, 0.1) is 0 Å². The Balaban J connectivity index is 0.000000552. The predicted octanol–water partition coefficient (Wildman–Crippen LogP) is 1.73. The molecule has 29 heavy (non-hydrogen) atoms. The summed E-state index contributed by atoms with van der Waals surface area (Å²) < 4.78 is 4.92. The van der Waals surface area contributed by atoms with E-state index in [0.29, 0.717) is 11.0 Å². The number of esters is 2. The standard InChI is InChI=1S/C20H12N2O3.BH3O3/c23-19(17-11-9-13-5-1-3-7-15(13)21-17)25-20(24)18-12-10-14-6-2-4-8-16(14)22-18;2-1(3)4/h1-12H;2-4H. The molecule has 0 atom stereocenters. The molecule has 0 aliphatic heterocycles. The number of carbonyl (C=O) groups excluding carboxylic acids is 2. The lowest BCUT2D eigenvalue weighted by Crippen LogP contribution is -2.15. The monoisotopic (exact) mass is 390 g/mol. The third-order valence-corrected chi connectivity index (χ3v) is 3.80. The molecule has 4 rings (SSSR count). The van der Waals surface area contributed by atoms with Gasteiger partial charge in [0, 0.05) is 10.8 Å². The smallest absolute Gasteiger partial charge is 0.402 e. The molecule has 2 heterocycles. The lowest BCUT2D eigenvalue weighted by atomic mass is 10.2. The highest BCUT2D eigenvalue weighted by molar-refractivity contribution is 6.30. The van der Waals surface area contributed by atoms with Crippen LogP contribution in [0.5, 0.6) is 0 Å². The van der Waals surface area contributed by atoms with Gasteiger partial charge in [0.1, 0.15) is 11.4 Å². The van der Waals surface area contributed by atoms with Crippen molar-refractivity contribution in [3.05, 3.63) is 84.2 Å². The van der Waals surface area contributed by atoms with Gasteiger partial charge in [0.05, 0.1) is 11.0 Å². The van der Waals surface area contributed by atoms with Crippen molar-refractivity contribution in [1.82, 2.24) is 9.97 Å². The Bertz CT molecular complexity index is 1090. The fourth-order valence-corrected chi connectivity index (χ4v) is 2.55. The molecule has 0 spiro atoms. The van der Waals surface area contributed by atoms with E-state index in [9.17, 15) is 9.59 Å². The quantitative estimate of drug-likeness (QED) is 0.268. The molecule has 0 fully saturated rings. The Morgan fingerprint density at radius 3 is 1.45 bits per heavy atom. The summed E-state index contributed by atoms with van der Waals surface area (Å²) in [5.74, 6) is -1.60. The number of hydrogen-bond acceptors (Lipinski definition) is 8. The number of rotatable bonds is 2. The predicted molar refractivity (Wildman–Crippen MR) is 106 cm³/mol. The lowest BCUT2D eigenvalue weighted by Gasteiger charge is -2.04. The van der Waals surface area contributed by atoms with Crippen LogP contribution in [-0.4, -0.2) is 44.3 Å². The molecule has 0 saturated heterocycles. The maximum atomic E-state index is 12.2. The molecule has 0 aliphatic rings. The fraction of sp³-hybridized carbons (Fsp3) is 0. The minimum Gasteiger partial charge on any atom is -0.402 e. The van der Waals surface area contributed by atoms with Gasteiger partial charge in [0.25, 0.3) is 0 Å². The first-order chi connectivity index (χ1) is 13.9. The lowest BCUT2D eigenvalue weighted by molar-refractivity contribution is 0.0390. The van der Waals surface area contributed by atoms with E-state index in [2.05, 4.69) is 9.97 Å². The number of ether oxygens (including phenoxy) is 1. The van der Waals surface area contributed by atoms with Crippen molar-refractivity contribution in [3.63, 3.8) is 0 Å². The Hall–Kier alpha value is -3.66. The molecule has 0 bridgehead atoms. The highest BCUT2D eigenvalue weighted by Crippen LogP contribution is 2.15. The fourth-order valence-electron chi connectivity index (χ4n) is 2.55. The summed E-state index contributed by atoms with van der Waals surface area (Å²) in [6.45, 7) is 0. The second kappa shape index (κ2) is 9.02. The van der Waals surface area contributed by atoms with Crippen molar-refractivity contribution >= 4 is 41.1 Å². The molecule has 0 unspecified atom stereocenters. The highest BCUT2D eigenvalue weighted by atomic mass is 16.6. The Kier molecular flexibility index (Phi) is 6.25. The van der Waals surface area contributed by atoms with E-state index >= 15 is 0 Å². The Morgan fingerprint density at radius 2 is 1.03 bits per heavy atom. The summed E-state index contributed by atoms with van der Waals surface area (Å²) in [5.41, 5.74) is 1.47. The van der Waals surface area contributed by atoms with E-state index < -0.39 is 19.3 Å². The zero-order valence-corrected chi connectivity index (χ0v) is 15.0. The molecule has 4 aromatic rings. The first-order valence-corrected chi connectivity index (χ1v) is 8.46. The van der Waals surface area contributed by atoms with E-state index in [0.717, 1.165) is 10.8 Å². The van der Waals surface area contributed by atoms with Crippen molar-refractivity contribution in [1.29, 1.82) is 0 Å². The van der Waals surface area contributed by atoms with E-state index in [1.807, 2.05) is 36.4 Å². The molecular formula is C20H15BN2O6. The first kappa shape index (κ1) is 20.1. The number of fused-ring (bicyclic) bond motifs is 2. The summed E-state index contributed by atoms with van der Waals surface area (Å²) in [4.78, 5) is 32.9. The van der Waals surface area contributed by atoms with Crippen LogP contribution < -0.4 is 0 Å². The third-order valence-electron chi connectivity index (χ3n) is 3.80. The zero-order chi connectivity index (χ0) is 20.8. The second-order valence-electron chi connectivity index (χ2n) is 5.80. The van der Waals surface area contributed by atoms with Crippen molar-refractivity contribution in [3.8, 4) is 0 Å². The minimum atomic E-state index is -2.17. The molecule has 9 heteroatoms. The second-order valence-corrected chi connectivity index (χ2v) is 5.80. The van der Waals surface area contributed by atoms with Gasteiger partial charge in [0.2, 0.25) is 0 Å². The van der Waals surface area contributed by atoms with Gasteiger partial charge in [0.15, 0.2) is 0 Å². The highest BCUT2D eigenvalue weighted by Gasteiger charge is 2.17. The van der Waals surface area contributed by atoms with Gasteiger partial charge >= 0.3 is 19.3 Å². The zero-order valence-electron chi connectivity index (χ0n) is 15.0. The first-order valence-electron chi connectivity index (χ1n) is 8.46. The summed E-state index contributed by atoms with van der Waals surface area (Å²) in [7, 11) is -2.17. The van der Waals surface area contributed by atoms with Crippen molar-refractivity contribution in [2.75, 3.05) is 0 Å². The summed E-state index contributed by atoms with van der Waals surface area (Å²) in [5, 5.41) is 23.3. The van der Waals surface area contributed by atoms with Crippen molar-refractivity contribution in [2.45, 2.75) is 0 Å². The van der Waals surface area contributed by atoms with Crippen LogP contribution in [0.2, 0.25) is 0 Å². The van der Waals surface area contributed by atoms with E-state index in [-0.39, 0.29) is 11.4 Å². The van der Waals surface area contributed by atoms with E-state index in [1.165, 1.54) is 12.1 Å². The number of pyridine rings is 2. The number of aromatic nitrogens is 2. The molecule has 2 aromatic heterocycles. The topological polar surface area (TPSA) is 130 Å². The Labute approximate surface area is 165 Å². The molecule has 0 aliphatic carbocycles. The molecule has 2 aromatic carbocycles. The van der Waals surface area contributed by atoms with Crippen LogP contribution in [0.3, 0.4) is 0 Å². The molecule has 0 saturated carbocycles. The van der Waals surface area contributed by atoms with Gasteiger partial charge in [-0.3, -0.25) is 0 Å². The van der Waals surface area contributed by atoms with E-state index in [1.54, 1.807) is 24.3 Å². The third kappa shape index (κ3) is 5.20. The van der Waals surface area contributed by atoms with Crippen LogP contribution in [0.4, 0.5) is 0 Å². The summed E-state index contributed by atoms with van der Waals surface area (Å²) in [6, 6.07) is 21.4. The van der Waals surface area contributed by atoms with Gasteiger partial charge in [-0.25, -0.2) is 19.6 Å². The molecule has 0 amide bonds. The maximum absolute atomic E-state index is 12.2. The summed E-state index contributed by atoms with van der Waals surface area (Å²) in [6.07, 6.45) is 0. The van der Waals surface area contributed by atoms with Gasteiger partial charge in [-0.05, 0) is 24.3 Å². The molecular weight excluding hydrogens is 375 g/mol. The molecule has 8 nitrogen and oxygen atoms in total. The van der Waals surface area contributed by atoms with Crippen LogP contribution in [0.1, 0.15) is 21.0 Å².